The van der Waals surface area contributed by atoms with Gasteiger partial charge in [-0.25, -0.2) is 4.39 Å². The van der Waals surface area contributed by atoms with Gasteiger partial charge in [0.1, 0.15) is 22.3 Å². The van der Waals surface area contributed by atoms with Gasteiger partial charge in [0, 0.05) is 0 Å². The van der Waals surface area contributed by atoms with Gasteiger partial charge in [-0.15, -0.1) is 0 Å². The topological polar surface area (TPSA) is 35.2 Å². The third-order valence-corrected chi connectivity index (χ3v) is 2.78. The molecular weight excluding hydrogens is 273 g/mol. The number of ether oxygens (including phenoxy) is 1. The van der Waals surface area contributed by atoms with E-state index in [4.69, 9.17) is 34.3 Å². The van der Waals surface area contributed by atoms with Crippen LogP contribution in [0.15, 0.2) is 42.5 Å². The minimum atomic E-state index is -0.331. The largest absolute Gasteiger partial charge is 0.457 e. The molecule has 0 aliphatic carbocycles. The number of hydrogen-bond acceptors (Lipinski definition) is 2. The Bertz CT molecular complexity index is 586. The van der Waals surface area contributed by atoms with Crippen molar-refractivity contribution in [1.82, 2.24) is 0 Å². The zero-order chi connectivity index (χ0) is 13.1. The van der Waals surface area contributed by atoms with E-state index < -0.39 is 0 Å². The van der Waals surface area contributed by atoms with E-state index in [1.165, 1.54) is 24.3 Å². The van der Waals surface area contributed by atoms with Crippen molar-refractivity contribution >= 4 is 28.8 Å². The Morgan fingerprint density at radius 3 is 2.44 bits per heavy atom. The second-order valence-electron chi connectivity index (χ2n) is 3.53. The van der Waals surface area contributed by atoms with Crippen LogP contribution in [-0.4, -0.2) is 4.99 Å². The molecule has 0 aliphatic heterocycles. The molecule has 18 heavy (non-hydrogen) atoms. The smallest absolute Gasteiger partial charge is 0.139 e. The first-order chi connectivity index (χ1) is 8.58. The van der Waals surface area contributed by atoms with Gasteiger partial charge in [-0.05, 0) is 36.4 Å². The highest BCUT2D eigenvalue weighted by molar-refractivity contribution is 7.80. The fraction of sp³-hybridized carbons (Fsp3) is 0. The van der Waals surface area contributed by atoms with Crippen molar-refractivity contribution in [2.24, 2.45) is 5.73 Å². The monoisotopic (exact) mass is 281 g/mol. The Balaban J connectivity index is 2.37. The predicted octanol–water partition coefficient (Wildman–Crippen LogP) is 3.91. The number of nitrogens with two attached hydrogens (primary N) is 1. The molecule has 0 atom stereocenters. The molecule has 0 saturated carbocycles. The minimum absolute atomic E-state index is 0.151. The number of rotatable bonds is 3. The van der Waals surface area contributed by atoms with Crippen molar-refractivity contribution in [1.29, 1.82) is 0 Å². The van der Waals surface area contributed by atoms with E-state index >= 15 is 0 Å². The Kier molecular flexibility index (Phi) is 3.79. The highest BCUT2D eigenvalue weighted by Gasteiger charge is 2.11. The third-order valence-electron chi connectivity index (χ3n) is 2.26. The summed E-state index contributed by atoms with van der Waals surface area (Å²) < 4.78 is 18.4. The van der Waals surface area contributed by atoms with E-state index in [1.54, 1.807) is 18.2 Å². The zero-order valence-corrected chi connectivity index (χ0v) is 10.8. The molecule has 0 amide bonds. The Morgan fingerprint density at radius 1 is 1.17 bits per heavy atom. The first-order valence-electron chi connectivity index (χ1n) is 5.09. The van der Waals surface area contributed by atoms with Crippen molar-refractivity contribution < 1.29 is 9.13 Å². The summed E-state index contributed by atoms with van der Waals surface area (Å²) >= 11 is 10.9. The van der Waals surface area contributed by atoms with Crippen molar-refractivity contribution in [2.45, 2.75) is 0 Å². The second-order valence-corrected chi connectivity index (χ2v) is 4.38. The maximum Gasteiger partial charge on any atom is 0.139 e. The van der Waals surface area contributed by atoms with Crippen LogP contribution in [0.25, 0.3) is 0 Å². The molecule has 0 radical (unpaired) electrons. The molecule has 0 heterocycles. The van der Waals surface area contributed by atoms with Gasteiger partial charge in [-0.3, -0.25) is 0 Å². The van der Waals surface area contributed by atoms with Gasteiger partial charge in [0.2, 0.25) is 0 Å². The molecule has 0 saturated heterocycles. The van der Waals surface area contributed by atoms with Crippen LogP contribution in [0.1, 0.15) is 5.56 Å². The number of hydrogen-bond donors (Lipinski definition) is 1. The summed E-state index contributed by atoms with van der Waals surface area (Å²) in [6.07, 6.45) is 0. The first-order valence-corrected chi connectivity index (χ1v) is 5.88. The van der Waals surface area contributed by atoms with Crippen LogP contribution in [0, 0.1) is 5.82 Å². The molecule has 2 aromatic carbocycles. The first kappa shape index (κ1) is 12.8. The van der Waals surface area contributed by atoms with Crippen LogP contribution in [0.4, 0.5) is 4.39 Å². The summed E-state index contributed by atoms with van der Waals surface area (Å²) in [5, 5.41) is 0.419. The molecule has 0 unspecified atom stereocenters. The molecule has 0 aliphatic rings. The summed E-state index contributed by atoms with van der Waals surface area (Å²) in [6.45, 7) is 0. The molecule has 0 bridgehead atoms. The average Bonchev–Trinajstić information content (AvgIpc) is 2.32. The van der Waals surface area contributed by atoms with Gasteiger partial charge < -0.3 is 10.5 Å². The Morgan fingerprint density at radius 2 is 1.83 bits per heavy atom. The van der Waals surface area contributed by atoms with Gasteiger partial charge in [0.05, 0.1) is 10.6 Å². The number of benzene rings is 2. The fourth-order valence-electron chi connectivity index (χ4n) is 1.46. The van der Waals surface area contributed by atoms with Crippen molar-refractivity contribution in [3.05, 3.63) is 58.9 Å². The molecule has 2 nitrogen and oxygen atoms in total. The van der Waals surface area contributed by atoms with E-state index in [9.17, 15) is 4.39 Å². The maximum atomic E-state index is 12.8. The van der Waals surface area contributed by atoms with Crippen molar-refractivity contribution in [2.75, 3.05) is 0 Å². The Hall–Kier alpha value is -1.65. The van der Waals surface area contributed by atoms with Crippen LogP contribution < -0.4 is 10.5 Å². The summed E-state index contributed by atoms with van der Waals surface area (Å²) in [4.78, 5) is 0.151. The number of halogens is 2. The molecule has 2 N–H and O–H groups in total. The normalized spacial score (nSPS) is 10.1. The second kappa shape index (κ2) is 5.33. The Labute approximate surface area is 114 Å². The van der Waals surface area contributed by atoms with Gasteiger partial charge in [-0.1, -0.05) is 29.9 Å². The van der Waals surface area contributed by atoms with E-state index in [2.05, 4.69) is 0 Å². The molecule has 0 aromatic heterocycles. The molecular formula is C13H9ClFNOS. The standard InChI is InChI=1S/C13H9ClFNOS/c14-10-2-1-3-11(12(10)13(16)18)17-9-6-4-8(15)5-7-9/h1-7H,(H2,16,18). The lowest BCUT2D eigenvalue weighted by molar-refractivity contribution is 0.479. The number of thiocarbonyl (C=S) groups is 1. The summed E-state index contributed by atoms with van der Waals surface area (Å²) in [5.41, 5.74) is 6.07. The van der Waals surface area contributed by atoms with Crippen molar-refractivity contribution in [3.8, 4) is 11.5 Å². The summed E-state index contributed by atoms with van der Waals surface area (Å²) in [6, 6.07) is 10.7. The summed E-state index contributed by atoms with van der Waals surface area (Å²) in [5.74, 6) is 0.598. The van der Waals surface area contributed by atoms with E-state index in [0.717, 1.165) is 0 Å². The zero-order valence-electron chi connectivity index (χ0n) is 9.19. The minimum Gasteiger partial charge on any atom is -0.457 e. The average molecular weight is 282 g/mol. The molecule has 0 fully saturated rings. The van der Waals surface area contributed by atoms with Gasteiger partial charge >= 0.3 is 0 Å². The molecule has 2 rings (SSSR count). The van der Waals surface area contributed by atoms with Crippen molar-refractivity contribution in [3.63, 3.8) is 0 Å². The predicted molar refractivity (Wildman–Crippen MR) is 73.8 cm³/mol. The lowest BCUT2D eigenvalue weighted by Gasteiger charge is -2.11. The maximum absolute atomic E-state index is 12.8. The SMILES string of the molecule is NC(=S)c1c(Cl)cccc1Oc1ccc(F)cc1. The van der Waals surface area contributed by atoms with Crippen LogP contribution in [0.5, 0.6) is 11.5 Å². The van der Waals surface area contributed by atoms with Gasteiger partial charge in [0.25, 0.3) is 0 Å². The quantitative estimate of drug-likeness (QED) is 0.867. The van der Waals surface area contributed by atoms with Gasteiger partial charge in [-0.2, -0.15) is 0 Å². The molecule has 5 heteroatoms. The van der Waals surface area contributed by atoms with Gasteiger partial charge in [0.15, 0.2) is 0 Å². The highest BCUT2D eigenvalue weighted by Crippen LogP contribution is 2.30. The lowest BCUT2D eigenvalue weighted by atomic mass is 10.2. The van der Waals surface area contributed by atoms with E-state index in [1.807, 2.05) is 0 Å². The van der Waals surface area contributed by atoms with Crippen LogP contribution >= 0.6 is 23.8 Å². The highest BCUT2D eigenvalue weighted by atomic mass is 35.5. The molecule has 2 aromatic rings. The van der Waals surface area contributed by atoms with Crippen LogP contribution in [-0.2, 0) is 0 Å². The van der Waals surface area contributed by atoms with Crippen LogP contribution in [0.3, 0.4) is 0 Å². The third kappa shape index (κ3) is 2.78. The summed E-state index contributed by atoms with van der Waals surface area (Å²) in [7, 11) is 0. The fourth-order valence-corrected chi connectivity index (χ4v) is 1.99. The van der Waals surface area contributed by atoms with E-state index in [0.29, 0.717) is 22.1 Å². The van der Waals surface area contributed by atoms with E-state index in [-0.39, 0.29) is 10.8 Å². The molecule has 92 valence electrons. The lowest BCUT2D eigenvalue weighted by Crippen LogP contribution is -2.11. The molecule has 0 spiro atoms. The van der Waals surface area contributed by atoms with Crippen LogP contribution in [0.2, 0.25) is 5.02 Å².